The number of carbonyl (C=O) groups excluding carboxylic acids is 2. The van der Waals surface area contributed by atoms with Gasteiger partial charge in [-0.25, -0.2) is 0 Å². The van der Waals surface area contributed by atoms with Gasteiger partial charge in [0.25, 0.3) is 0 Å². The van der Waals surface area contributed by atoms with Crippen LogP contribution in [0.4, 0.5) is 0 Å². The average Bonchev–Trinajstić information content (AvgIpc) is 2.26. The maximum Gasteiger partial charge on any atom is 0.227 e. The van der Waals surface area contributed by atoms with Crippen LogP contribution in [-0.2, 0) is 4.79 Å². The molecule has 0 atom stereocenters. The Bertz CT molecular complexity index is 359. The first-order valence-electron chi connectivity index (χ1n) is 4.68. The number of carbonyl (C=O) groups is 2. The van der Waals surface area contributed by atoms with Crippen molar-refractivity contribution in [2.75, 3.05) is 5.75 Å². The van der Waals surface area contributed by atoms with E-state index in [0.29, 0.717) is 12.0 Å². The zero-order chi connectivity index (χ0) is 11.3. The maximum absolute atomic E-state index is 11.3. The van der Waals surface area contributed by atoms with Gasteiger partial charge in [-0.15, -0.1) is 11.8 Å². The highest BCUT2D eigenvalue weighted by Crippen LogP contribution is 2.18. The van der Waals surface area contributed by atoms with Crippen LogP contribution in [0.5, 0.6) is 0 Å². The number of amides is 1. The fourth-order valence-corrected chi connectivity index (χ4v) is 1.73. The van der Waals surface area contributed by atoms with E-state index < -0.39 is 0 Å². The SMILES string of the molecule is CCC(=O)c1ccc(SCC(N)=O)cc1. The summed E-state index contributed by atoms with van der Waals surface area (Å²) in [5.41, 5.74) is 5.74. The number of benzene rings is 1. The van der Waals surface area contributed by atoms with Crippen LogP contribution in [0.15, 0.2) is 29.2 Å². The number of hydrogen-bond donors (Lipinski definition) is 1. The molecule has 15 heavy (non-hydrogen) atoms. The van der Waals surface area contributed by atoms with E-state index in [1.807, 2.05) is 19.1 Å². The quantitative estimate of drug-likeness (QED) is 0.612. The molecule has 1 aromatic rings. The lowest BCUT2D eigenvalue weighted by Gasteiger charge is -2.01. The third kappa shape index (κ3) is 3.75. The Morgan fingerprint density at radius 3 is 2.33 bits per heavy atom. The zero-order valence-corrected chi connectivity index (χ0v) is 9.34. The van der Waals surface area contributed by atoms with Crippen LogP contribution in [0.1, 0.15) is 23.7 Å². The Morgan fingerprint density at radius 1 is 1.27 bits per heavy atom. The van der Waals surface area contributed by atoms with Crippen molar-refractivity contribution >= 4 is 23.5 Å². The van der Waals surface area contributed by atoms with Crippen LogP contribution in [0.25, 0.3) is 0 Å². The predicted octanol–water partition coefficient (Wildman–Crippen LogP) is 1.86. The van der Waals surface area contributed by atoms with E-state index in [9.17, 15) is 9.59 Å². The van der Waals surface area contributed by atoms with Crippen LogP contribution in [0.3, 0.4) is 0 Å². The zero-order valence-electron chi connectivity index (χ0n) is 8.53. The highest BCUT2D eigenvalue weighted by atomic mass is 32.2. The molecule has 0 heterocycles. The number of nitrogens with two attached hydrogens (primary N) is 1. The summed E-state index contributed by atoms with van der Waals surface area (Å²) in [7, 11) is 0. The molecule has 0 fully saturated rings. The molecule has 1 rings (SSSR count). The average molecular weight is 223 g/mol. The van der Waals surface area contributed by atoms with Gasteiger partial charge in [0, 0.05) is 16.9 Å². The lowest BCUT2D eigenvalue weighted by Crippen LogP contribution is -2.12. The van der Waals surface area contributed by atoms with Gasteiger partial charge in [0.1, 0.15) is 0 Å². The molecular weight excluding hydrogens is 210 g/mol. The Kier molecular flexibility index (Phi) is 4.37. The van der Waals surface area contributed by atoms with Crippen LogP contribution < -0.4 is 5.73 Å². The van der Waals surface area contributed by atoms with Crippen molar-refractivity contribution in [3.63, 3.8) is 0 Å². The molecule has 4 heteroatoms. The molecule has 0 saturated heterocycles. The van der Waals surface area contributed by atoms with Crippen molar-refractivity contribution in [2.24, 2.45) is 5.73 Å². The molecule has 80 valence electrons. The smallest absolute Gasteiger partial charge is 0.227 e. The van der Waals surface area contributed by atoms with Gasteiger partial charge in [-0.3, -0.25) is 9.59 Å². The Hall–Kier alpha value is -1.29. The fraction of sp³-hybridized carbons (Fsp3) is 0.273. The number of primary amides is 1. The summed E-state index contributed by atoms with van der Waals surface area (Å²) in [4.78, 5) is 22.8. The van der Waals surface area contributed by atoms with Crippen molar-refractivity contribution < 1.29 is 9.59 Å². The molecule has 0 aromatic heterocycles. The summed E-state index contributed by atoms with van der Waals surface area (Å²) in [5.74, 6) is 0.0521. The normalized spacial score (nSPS) is 9.93. The summed E-state index contributed by atoms with van der Waals surface area (Å²) < 4.78 is 0. The van der Waals surface area contributed by atoms with Gasteiger partial charge in [-0.1, -0.05) is 19.1 Å². The molecule has 0 unspecified atom stereocenters. The standard InChI is InChI=1S/C11H13NO2S/c1-2-10(13)8-3-5-9(6-4-8)15-7-11(12)14/h3-6H,2,7H2,1H3,(H2,12,14). The molecule has 1 aromatic carbocycles. The summed E-state index contributed by atoms with van der Waals surface area (Å²) in [5, 5.41) is 0. The van der Waals surface area contributed by atoms with E-state index in [0.717, 1.165) is 4.90 Å². The summed E-state index contributed by atoms with van der Waals surface area (Å²) in [6.07, 6.45) is 0.508. The molecule has 3 nitrogen and oxygen atoms in total. The number of thioether (sulfide) groups is 1. The van der Waals surface area contributed by atoms with Crippen molar-refractivity contribution in [1.29, 1.82) is 0 Å². The van der Waals surface area contributed by atoms with Crippen molar-refractivity contribution in [2.45, 2.75) is 18.2 Å². The topological polar surface area (TPSA) is 60.2 Å². The lowest BCUT2D eigenvalue weighted by molar-refractivity contribution is -0.115. The van der Waals surface area contributed by atoms with Gasteiger partial charge < -0.3 is 5.73 Å². The molecule has 0 aliphatic carbocycles. The molecule has 0 spiro atoms. The third-order valence-corrected chi connectivity index (χ3v) is 2.91. The largest absolute Gasteiger partial charge is 0.369 e. The van der Waals surface area contributed by atoms with Crippen LogP contribution >= 0.6 is 11.8 Å². The second-order valence-electron chi connectivity index (χ2n) is 3.06. The van der Waals surface area contributed by atoms with E-state index in [1.165, 1.54) is 11.8 Å². The van der Waals surface area contributed by atoms with E-state index >= 15 is 0 Å². The van der Waals surface area contributed by atoms with Gasteiger partial charge in [0.2, 0.25) is 5.91 Å². The van der Waals surface area contributed by atoms with Crippen LogP contribution in [0.2, 0.25) is 0 Å². The first-order chi connectivity index (χ1) is 7.13. The van der Waals surface area contributed by atoms with E-state index in [-0.39, 0.29) is 17.4 Å². The summed E-state index contributed by atoms with van der Waals surface area (Å²) in [6, 6.07) is 7.21. The number of Topliss-reactive ketones (excluding diaryl/α,β-unsaturated/α-hetero) is 1. The van der Waals surface area contributed by atoms with Gasteiger partial charge >= 0.3 is 0 Å². The minimum Gasteiger partial charge on any atom is -0.369 e. The van der Waals surface area contributed by atoms with E-state index in [2.05, 4.69) is 0 Å². The number of hydrogen-bond acceptors (Lipinski definition) is 3. The molecule has 0 radical (unpaired) electrons. The van der Waals surface area contributed by atoms with E-state index in [1.54, 1.807) is 12.1 Å². The second kappa shape index (κ2) is 5.56. The molecule has 0 aliphatic heterocycles. The first-order valence-corrected chi connectivity index (χ1v) is 5.66. The summed E-state index contributed by atoms with van der Waals surface area (Å²) in [6.45, 7) is 1.83. The molecule has 0 aliphatic rings. The Morgan fingerprint density at radius 2 is 1.87 bits per heavy atom. The predicted molar refractivity (Wildman–Crippen MR) is 61.0 cm³/mol. The van der Waals surface area contributed by atoms with E-state index in [4.69, 9.17) is 5.73 Å². The maximum atomic E-state index is 11.3. The van der Waals surface area contributed by atoms with Gasteiger partial charge in [0.15, 0.2) is 5.78 Å². The van der Waals surface area contributed by atoms with Crippen LogP contribution in [0, 0.1) is 0 Å². The molecule has 2 N–H and O–H groups in total. The van der Waals surface area contributed by atoms with Crippen molar-refractivity contribution in [3.8, 4) is 0 Å². The molecule has 1 amide bonds. The molecular formula is C11H13NO2S. The van der Waals surface area contributed by atoms with Crippen molar-refractivity contribution in [1.82, 2.24) is 0 Å². The van der Waals surface area contributed by atoms with Gasteiger partial charge in [-0.2, -0.15) is 0 Å². The minimum atomic E-state index is -0.339. The van der Waals surface area contributed by atoms with Gasteiger partial charge in [-0.05, 0) is 12.1 Å². The van der Waals surface area contributed by atoms with Gasteiger partial charge in [0.05, 0.1) is 5.75 Å². The molecule has 0 bridgehead atoms. The van der Waals surface area contributed by atoms with Crippen LogP contribution in [-0.4, -0.2) is 17.4 Å². The first kappa shape index (κ1) is 11.8. The highest BCUT2D eigenvalue weighted by Gasteiger charge is 2.03. The monoisotopic (exact) mass is 223 g/mol. The highest BCUT2D eigenvalue weighted by molar-refractivity contribution is 8.00. The minimum absolute atomic E-state index is 0.126. The Labute approximate surface area is 93.0 Å². The Balaban J connectivity index is 2.64. The lowest BCUT2D eigenvalue weighted by atomic mass is 10.1. The number of ketones is 1. The second-order valence-corrected chi connectivity index (χ2v) is 4.10. The summed E-state index contributed by atoms with van der Waals surface area (Å²) >= 11 is 1.37. The molecule has 0 saturated carbocycles. The van der Waals surface area contributed by atoms with Crippen molar-refractivity contribution in [3.05, 3.63) is 29.8 Å². The number of rotatable bonds is 5. The fourth-order valence-electron chi connectivity index (χ4n) is 1.10. The third-order valence-electron chi connectivity index (χ3n) is 1.88.